The maximum absolute atomic E-state index is 13.1. The molecule has 0 radical (unpaired) electrons. The minimum Gasteiger partial charge on any atom is -0.432 e. The van der Waals surface area contributed by atoms with Gasteiger partial charge >= 0.3 is 42.3 Å². The molecular formula is C20H11Br2F11O7S2. The van der Waals surface area contributed by atoms with Gasteiger partial charge in [0, 0.05) is 56.1 Å². The van der Waals surface area contributed by atoms with E-state index in [0.717, 1.165) is 12.1 Å². The molecule has 0 N–H and O–H groups in total. The largest absolute Gasteiger partial charge is 0.475 e. The van der Waals surface area contributed by atoms with Gasteiger partial charge in [-0.2, -0.15) is 56.3 Å². The first-order valence-corrected chi connectivity index (χ1v) is 14.1. The van der Waals surface area contributed by atoms with E-state index in [1.807, 2.05) is 0 Å². The summed E-state index contributed by atoms with van der Waals surface area (Å²) >= 11 is 2.50. The zero-order valence-electron chi connectivity index (χ0n) is 19.5. The van der Waals surface area contributed by atoms with Crippen LogP contribution in [0, 0.1) is 0 Å². The lowest BCUT2D eigenvalue weighted by Crippen LogP contribution is -2.41. The summed E-state index contributed by atoms with van der Waals surface area (Å²) in [5.74, 6) is -3.37. The fourth-order valence-electron chi connectivity index (χ4n) is 2.26. The first-order chi connectivity index (χ1) is 18.6. The van der Waals surface area contributed by atoms with Crippen molar-refractivity contribution in [2.45, 2.75) is 31.7 Å². The van der Waals surface area contributed by atoms with Crippen molar-refractivity contribution in [3.8, 4) is 17.2 Å². The predicted molar refractivity (Wildman–Crippen MR) is 129 cm³/mol. The Kier molecular flexibility index (Phi) is 11.5. The van der Waals surface area contributed by atoms with Crippen molar-refractivity contribution < 1.29 is 78.3 Å². The highest BCUT2D eigenvalue weighted by Crippen LogP contribution is 2.44. The highest BCUT2D eigenvalue weighted by Gasteiger charge is 2.59. The lowest BCUT2D eigenvalue weighted by Gasteiger charge is -2.24. The van der Waals surface area contributed by atoms with E-state index in [1.54, 1.807) is 0 Å². The van der Waals surface area contributed by atoms with Crippen LogP contribution in [0.25, 0.3) is 6.08 Å². The molecule has 0 heterocycles. The third-order valence-corrected chi connectivity index (χ3v) is 6.46. The minimum atomic E-state index is -5.78. The topological polar surface area (TPSA) is 96.0 Å². The van der Waals surface area contributed by atoms with Gasteiger partial charge in [-0.05, 0) is 24.3 Å². The van der Waals surface area contributed by atoms with Gasteiger partial charge in [0.25, 0.3) is 6.01 Å². The summed E-state index contributed by atoms with van der Waals surface area (Å²) < 4.78 is 195. The molecule has 0 atom stereocenters. The number of halogens is 13. The first-order valence-electron chi connectivity index (χ1n) is 9.70. The van der Waals surface area contributed by atoms with Gasteiger partial charge in [0.1, 0.15) is 27.0 Å². The molecule has 0 aromatic heterocycles. The van der Waals surface area contributed by atoms with Gasteiger partial charge in [0.05, 0.1) is 0 Å². The van der Waals surface area contributed by atoms with Gasteiger partial charge in [-0.3, -0.25) is 0 Å². The first kappa shape index (κ1) is 37.4. The molecule has 0 bridgehead atoms. The van der Waals surface area contributed by atoms with Crippen molar-refractivity contribution in [1.82, 2.24) is 0 Å². The molecule has 2 rings (SSSR count). The molecule has 0 unspecified atom stereocenters. The summed E-state index contributed by atoms with van der Waals surface area (Å²) in [6.45, 7) is 6.23. The number of hydrogen-bond donors (Lipinski definition) is 0. The second-order valence-corrected chi connectivity index (χ2v) is 11.8. The monoisotopic (exact) mass is 794 g/mol. The zero-order chi connectivity index (χ0) is 33.1. The van der Waals surface area contributed by atoms with Gasteiger partial charge in [0.2, 0.25) is 0 Å². The van der Waals surface area contributed by atoms with Crippen molar-refractivity contribution in [2.75, 3.05) is 0 Å². The molecule has 236 valence electrons. The average molecular weight is 796 g/mol. The van der Waals surface area contributed by atoms with Gasteiger partial charge in [0.15, 0.2) is 0 Å². The summed E-state index contributed by atoms with van der Waals surface area (Å²) in [5, 5.41) is 0. The fourth-order valence-corrected chi connectivity index (χ4v) is 3.46. The molecule has 0 aliphatic rings. The Labute approximate surface area is 246 Å². The second kappa shape index (κ2) is 13.0. The summed E-state index contributed by atoms with van der Waals surface area (Å²) in [7, 11) is -10.7. The van der Waals surface area contributed by atoms with Crippen LogP contribution in [0.2, 0.25) is 0 Å². The summed E-state index contributed by atoms with van der Waals surface area (Å²) in [6.07, 6.45) is -9.46. The van der Waals surface area contributed by atoms with Crippen molar-refractivity contribution in [1.29, 1.82) is 0 Å². The molecule has 2 aromatic carbocycles. The Bertz CT molecular complexity index is 1490. The number of rotatable bonds is 11. The zero-order valence-corrected chi connectivity index (χ0v) is 24.3. The maximum Gasteiger partial charge on any atom is 0.475 e. The molecule has 0 saturated carbocycles. The molecule has 0 aliphatic heterocycles. The van der Waals surface area contributed by atoms with E-state index in [4.69, 9.17) is 0 Å². The van der Waals surface area contributed by atoms with Crippen molar-refractivity contribution in [3.63, 3.8) is 0 Å². The molecule has 22 heteroatoms. The third kappa shape index (κ3) is 10.9. The second-order valence-electron chi connectivity index (χ2n) is 7.15. The number of ether oxygens (including phenoxy) is 3. The average Bonchev–Trinajstić information content (AvgIpc) is 2.75. The van der Waals surface area contributed by atoms with E-state index < -0.39 is 69.6 Å². The van der Waals surface area contributed by atoms with Gasteiger partial charge in [-0.15, -0.1) is 7.77 Å². The van der Waals surface area contributed by atoms with Gasteiger partial charge in [-0.25, -0.2) is 0 Å². The van der Waals surface area contributed by atoms with Crippen LogP contribution in [0.1, 0.15) is 5.56 Å². The van der Waals surface area contributed by atoms with E-state index in [9.17, 15) is 64.1 Å². The smallest absolute Gasteiger partial charge is 0.432 e. The number of benzene rings is 2. The molecular weight excluding hydrogens is 785 g/mol. The molecule has 0 fully saturated rings. The Morgan fingerprint density at radius 1 is 0.690 bits per heavy atom. The predicted octanol–water partition coefficient (Wildman–Crippen LogP) is 8.07. The van der Waals surface area contributed by atoms with E-state index in [0.29, 0.717) is 0 Å². The standard InChI is InChI=1S/C10H3Br2F9O4S.C10H8F2O3S/c11-7(13,14)9(17,18)24-4-1-5(3-6(2-4)26(21,22)23)25-10(19,20)8(12,15)16;1-3-8-4-9(15-7(2)11)6-10(5-8)16(12,13)14/h1-3H;3-6H,1-2H2. The molecule has 42 heavy (non-hydrogen) atoms. The van der Waals surface area contributed by atoms with Crippen LogP contribution >= 0.6 is 31.9 Å². The fraction of sp³-hybridized carbons (Fsp3) is 0.200. The van der Waals surface area contributed by atoms with Crippen LogP contribution in [0.15, 0.2) is 65.4 Å². The Morgan fingerprint density at radius 3 is 1.36 bits per heavy atom. The SMILES string of the molecule is C=Cc1cc(OC(=C)F)cc(S(=O)(=O)F)c1.O=S(=O)(F)c1cc(OC(F)(F)C(F)(F)Br)cc(OC(F)(F)C(F)(F)Br)c1. The third-order valence-electron chi connectivity index (χ3n) is 3.94. The number of alkyl halides is 10. The van der Waals surface area contributed by atoms with Crippen LogP contribution in [0.5, 0.6) is 17.2 Å². The molecule has 0 saturated heterocycles. The molecule has 0 aliphatic carbocycles. The lowest BCUT2D eigenvalue weighted by atomic mass is 10.2. The van der Waals surface area contributed by atoms with E-state index >= 15 is 0 Å². The van der Waals surface area contributed by atoms with Crippen LogP contribution in [0.3, 0.4) is 0 Å². The minimum absolute atomic E-state index is 0.0615. The lowest BCUT2D eigenvalue weighted by molar-refractivity contribution is -0.268. The quantitative estimate of drug-likeness (QED) is 0.0983. The molecule has 2 aromatic rings. The van der Waals surface area contributed by atoms with Gasteiger partial charge < -0.3 is 14.2 Å². The van der Waals surface area contributed by atoms with E-state index in [1.165, 1.54) is 44.0 Å². The van der Waals surface area contributed by atoms with E-state index in [-0.39, 0.29) is 29.5 Å². The summed E-state index contributed by atoms with van der Waals surface area (Å²) in [5.41, 5.74) is 0.287. The van der Waals surface area contributed by atoms with Crippen LogP contribution in [-0.4, -0.2) is 38.7 Å². The summed E-state index contributed by atoms with van der Waals surface area (Å²) in [6, 6.07) is 1.85. The Morgan fingerprint density at radius 2 is 1.05 bits per heavy atom. The maximum atomic E-state index is 13.1. The molecule has 0 amide bonds. The Hall–Kier alpha value is -2.59. The number of hydrogen-bond acceptors (Lipinski definition) is 7. The normalized spacial score (nSPS) is 13.0. The molecule has 0 spiro atoms. The Balaban J connectivity index is 0.000000470. The van der Waals surface area contributed by atoms with Crippen molar-refractivity contribution in [3.05, 3.63) is 61.1 Å². The van der Waals surface area contributed by atoms with Crippen molar-refractivity contribution in [2.24, 2.45) is 0 Å². The highest BCUT2D eigenvalue weighted by atomic mass is 79.9. The van der Waals surface area contributed by atoms with Crippen molar-refractivity contribution >= 4 is 58.4 Å². The van der Waals surface area contributed by atoms with Crippen LogP contribution < -0.4 is 14.2 Å². The molecule has 7 nitrogen and oxygen atoms in total. The highest BCUT2D eigenvalue weighted by molar-refractivity contribution is 9.10. The summed E-state index contributed by atoms with van der Waals surface area (Å²) in [4.78, 5) is -12.3. The van der Waals surface area contributed by atoms with Gasteiger partial charge in [-0.1, -0.05) is 12.7 Å². The van der Waals surface area contributed by atoms with Crippen LogP contribution in [-0.2, 0) is 20.4 Å². The van der Waals surface area contributed by atoms with E-state index in [2.05, 4.69) is 27.4 Å². The van der Waals surface area contributed by atoms with Crippen LogP contribution in [0.4, 0.5) is 47.3 Å².